The van der Waals surface area contributed by atoms with Crippen molar-refractivity contribution in [3.8, 4) is 0 Å². The van der Waals surface area contributed by atoms with Crippen LogP contribution in [0.3, 0.4) is 0 Å². The highest BCUT2D eigenvalue weighted by atomic mass is 19.1. The van der Waals surface area contributed by atoms with Crippen LogP contribution < -0.4 is 16.0 Å². The number of rotatable bonds is 6. The summed E-state index contributed by atoms with van der Waals surface area (Å²) >= 11 is 0. The summed E-state index contributed by atoms with van der Waals surface area (Å²) in [5, 5.41) is 8.46. The van der Waals surface area contributed by atoms with Crippen LogP contribution in [0.2, 0.25) is 0 Å². The molecule has 4 amide bonds. The molecule has 3 aromatic rings. The van der Waals surface area contributed by atoms with Gasteiger partial charge in [-0.25, -0.2) is 4.39 Å². The third-order valence-corrected chi connectivity index (χ3v) is 7.49. The highest BCUT2D eigenvalue weighted by molar-refractivity contribution is 5.98. The molecule has 0 radical (unpaired) electrons. The number of benzene rings is 2. The quantitative estimate of drug-likeness (QED) is 0.426. The molecule has 0 saturated carbocycles. The lowest BCUT2D eigenvalue weighted by molar-refractivity contribution is -0.143. The van der Waals surface area contributed by atoms with Gasteiger partial charge in [0.05, 0.1) is 0 Å². The number of carbonyl (C=O) groups excluding carboxylic acids is 4. The first-order valence-corrected chi connectivity index (χ1v) is 13.8. The lowest BCUT2D eigenvalue weighted by Crippen LogP contribution is -2.62. The summed E-state index contributed by atoms with van der Waals surface area (Å²) in [4.78, 5) is 60.4. The predicted octanol–water partition coefficient (Wildman–Crippen LogP) is 1.71. The van der Waals surface area contributed by atoms with E-state index in [9.17, 15) is 23.6 Å². The second kappa shape index (κ2) is 12.7. The largest absolute Gasteiger partial charge is 0.342 e. The van der Waals surface area contributed by atoms with Crippen LogP contribution in [-0.2, 0) is 38.4 Å². The van der Waals surface area contributed by atoms with Crippen LogP contribution in [0.4, 0.5) is 4.39 Å². The summed E-state index contributed by atoms with van der Waals surface area (Å²) in [5.74, 6) is -2.39. The van der Waals surface area contributed by atoms with Gasteiger partial charge in [-0.05, 0) is 47.7 Å². The first-order valence-electron chi connectivity index (χ1n) is 13.8. The van der Waals surface area contributed by atoms with Crippen molar-refractivity contribution in [1.82, 2.24) is 25.8 Å². The molecule has 5 rings (SSSR count). The number of nitrogens with zero attached hydrogens (tertiary/aromatic N) is 2. The first kappa shape index (κ1) is 27.9. The molecule has 0 bridgehead atoms. The molecule has 10 heteroatoms. The molecular weight excluding hydrogens is 525 g/mol. The van der Waals surface area contributed by atoms with Crippen LogP contribution in [0.5, 0.6) is 0 Å². The van der Waals surface area contributed by atoms with E-state index in [1.807, 2.05) is 30.3 Å². The zero-order valence-electron chi connectivity index (χ0n) is 22.5. The lowest BCUT2D eigenvalue weighted by Gasteiger charge is -2.32. The zero-order valence-corrected chi connectivity index (χ0v) is 22.5. The highest BCUT2D eigenvalue weighted by Crippen LogP contribution is 2.21. The number of pyridine rings is 1. The monoisotopic (exact) mass is 557 g/mol. The van der Waals surface area contributed by atoms with Gasteiger partial charge in [-0.15, -0.1) is 0 Å². The molecule has 212 valence electrons. The van der Waals surface area contributed by atoms with Gasteiger partial charge in [0.2, 0.25) is 23.6 Å². The third kappa shape index (κ3) is 6.95. The number of fused-ring (bicyclic) bond motifs is 1. The summed E-state index contributed by atoms with van der Waals surface area (Å²) in [6, 6.07) is 14.7. The second-order valence-electron chi connectivity index (χ2n) is 10.5. The maximum atomic E-state index is 14.0. The van der Waals surface area contributed by atoms with Crippen molar-refractivity contribution < 1.29 is 23.6 Å². The van der Waals surface area contributed by atoms with Gasteiger partial charge in [0.25, 0.3) is 0 Å². The highest BCUT2D eigenvalue weighted by Gasteiger charge is 2.40. The molecule has 2 aromatic carbocycles. The molecule has 0 aliphatic carbocycles. The molecule has 3 heterocycles. The van der Waals surface area contributed by atoms with E-state index in [1.165, 1.54) is 23.1 Å². The van der Waals surface area contributed by atoms with Crippen molar-refractivity contribution in [2.24, 2.45) is 0 Å². The van der Waals surface area contributed by atoms with E-state index < -0.39 is 47.7 Å². The van der Waals surface area contributed by atoms with Crippen molar-refractivity contribution in [2.45, 2.75) is 56.3 Å². The molecule has 4 atom stereocenters. The predicted molar refractivity (Wildman–Crippen MR) is 149 cm³/mol. The van der Waals surface area contributed by atoms with E-state index >= 15 is 0 Å². The summed E-state index contributed by atoms with van der Waals surface area (Å²) < 4.78 is 14.0. The molecule has 2 aliphatic heterocycles. The van der Waals surface area contributed by atoms with E-state index in [0.29, 0.717) is 24.9 Å². The summed E-state index contributed by atoms with van der Waals surface area (Å²) in [6.45, 7) is 0.360. The fourth-order valence-corrected chi connectivity index (χ4v) is 5.44. The Morgan fingerprint density at radius 1 is 0.732 bits per heavy atom. The minimum atomic E-state index is -1.13. The maximum absolute atomic E-state index is 14.0. The van der Waals surface area contributed by atoms with Crippen LogP contribution in [0.15, 0.2) is 79.1 Å². The standard InChI is InChI=1S/C31H32FN5O4/c32-23-11-4-9-21(15-23)17-25-29(39)36-26(18-22-10-5-13-33-19-22)31(41)37-14-6-12-27(37)30(40)35-24(28(38)34-25)16-20-7-2-1-3-8-20/h1-5,7-11,13,15,19,24-27H,6,12,14,16-18H2,(H,34,38)(H,35,40)(H,36,39)/t24-,25+,26-,27+/m0/s1. The van der Waals surface area contributed by atoms with E-state index in [-0.39, 0.29) is 25.2 Å². The summed E-state index contributed by atoms with van der Waals surface area (Å²) in [6.07, 6.45) is 4.63. The number of aromatic nitrogens is 1. The van der Waals surface area contributed by atoms with E-state index in [1.54, 1.807) is 30.6 Å². The van der Waals surface area contributed by atoms with E-state index in [0.717, 1.165) is 11.1 Å². The van der Waals surface area contributed by atoms with E-state index in [4.69, 9.17) is 0 Å². The van der Waals surface area contributed by atoms with Crippen molar-refractivity contribution >= 4 is 23.6 Å². The van der Waals surface area contributed by atoms with E-state index in [2.05, 4.69) is 20.9 Å². The number of nitrogens with one attached hydrogen (secondary N) is 3. The van der Waals surface area contributed by atoms with Crippen LogP contribution >= 0.6 is 0 Å². The molecule has 9 nitrogen and oxygen atoms in total. The molecule has 0 unspecified atom stereocenters. The SMILES string of the molecule is O=C1N[C@H](Cc2cccc(F)c2)C(=O)N[C@@H](Cc2cccnc2)C(=O)N2CCC[C@@H]2C(=O)N[C@H]1Cc1ccccc1. The minimum Gasteiger partial charge on any atom is -0.342 e. The topological polar surface area (TPSA) is 120 Å². The number of carbonyl (C=O) groups is 4. The van der Waals surface area contributed by atoms with Crippen LogP contribution in [0.1, 0.15) is 29.5 Å². The van der Waals surface area contributed by atoms with Crippen molar-refractivity contribution in [2.75, 3.05) is 6.54 Å². The number of hydrogen-bond donors (Lipinski definition) is 3. The van der Waals surface area contributed by atoms with Crippen LogP contribution in [0, 0.1) is 5.82 Å². The first-order chi connectivity index (χ1) is 19.9. The lowest BCUT2D eigenvalue weighted by atomic mass is 10.00. The van der Waals surface area contributed by atoms with Gasteiger partial charge in [-0.1, -0.05) is 48.5 Å². The smallest absolute Gasteiger partial charge is 0.246 e. The summed E-state index contributed by atoms with van der Waals surface area (Å²) in [5.41, 5.74) is 2.05. The summed E-state index contributed by atoms with van der Waals surface area (Å²) in [7, 11) is 0. The Balaban J connectivity index is 1.49. The Labute approximate surface area is 237 Å². The fourth-order valence-electron chi connectivity index (χ4n) is 5.44. The van der Waals surface area contributed by atoms with Gasteiger partial charge < -0.3 is 20.9 Å². The number of amides is 4. The molecular formula is C31H32FN5O4. The van der Waals surface area contributed by atoms with Gasteiger partial charge in [-0.2, -0.15) is 0 Å². The molecule has 1 aromatic heterocycles. The number of halogens is 1. The van der Waals surface area contributed by atoms with Gasteiger partial charge in [-0.3, -0.25) is 24.2 Å². The third-order valence-electron chi connectivity index (χ3n) is 7.49. The van der Waals surface area contributed by atoms with Crippen molar-refractivity contribution in [3.05, 3.63) is 102 Å². The fraction of sp³-hybridized carbons (Fsp3) is 0.323. The Kier molecular flexibility index (Phi) is 8.67. The second-order valence-corrected chi connectivity index (χ2v) is 10.5. The zero-order chi connectivity index (χ0) is 28.8. The Hall–Kier alpha value is -4.60. The molecule has 0 spiro atoms. The number of hydrogen-bond acceptors (Lipinski definition) is 5. The molecule has 3 N–H and O–H groups in total. The Morgan fingerprint density at radius 3 is 2.07 bits per heavy atom. The maximum Gasteiger partial charge on any atom is 0.246 e. The van der Waals surface area contributed by atoms with Gasteiger partial charge >= 0.3 is 0 Å². The Morgan fingerprint density at radius 2 is 1.37 bits per heavy atom. The van der Waals surface area contributed by atoms with Gasteiger partial charge in [0.1, 0.15) is 30.0 Å². The normalized spacial score (nSPS) is 23.5. The van der Waals surface area contributed by atoms with Crippen molar-refractivity contribution in [1.29, 1.82) is 0 Å². The molecule has 2 saturated heterocycles. The van der Waals surface area contributed by atoms with Crippen LogP contribution in [-0.4, -0.2) is 64.2 Å². The van der Waals surface area contributed by atoms with Gasteiger partial charge in [0, 0.05) is 38.2 Å². The molecule has 2 aliphatic rings. The average Bonchev–Trinajstić information content (AvgIpc) is 3.47. The molecule has 2 fully saturated rings. The Bertz CT molecular complexity index is 1400. The van der Waals surface area contributed by atoms with Crippen LogP contribution in [0.25, 0.3) is 0 Å². The minimum absolute atomic E-state index is 0.0124. The molecule has 41 heavy (non-hydrogen) atoms. The van der Waals surface area contributed by atoms with Crippen molar-refractivity contribution in [3.63, 3.8) is 0 Å². The van der Waals surface area contributed by atoms with Gasteiger partial charge in [0.15, 0.2) is 0 Å². The average molecular weight is 558 g/mol.